The molecule has 0 saturated carbocycles. The Morgan fingerprint density at radius 3 is 2.62 bits per heavy atom. The molecule has 0 radical (unpaired) electrons. The van der Waals surface area contributed by atoms with E-state index in [-0.39, 0.29) is 0 Å². The fourth-order valence-electron chi connectivity index (χ4n) is 2.14. The molecule has 0 unspecified atom stereocenters. The van der Waals surface area contributed by atoms with Gasteiger partial charge in [-0.05, 0) is 26.1 Å². The lowest BCUT2D eigenvalue weighted by Crippen LogP contribution is -2.18. The number of aryl methyl sites for hydroxylation is 1. The second-order valence-electron chi connectivity index (χ2n) is 4.99. The molecule has 0 aliphatic carbocycles. The molecule has 0 bridgehead atoms. The van der Waals surface area contributed by atoms with Crippen molar-refractivity contribution in [3.8, 4) is 5.69 Å². The Morgan fingerprint density at radius 2 is 1.90 bits per heavy atom. The summed E-state index contributed by atoms with van der Waals surface area (Å²) in [5.41, 5.74) is 3.03. The van der Waals surface area contributed by atoms with Crippen LogP contribution in [0, 0.1) is 6.92 Å². The standard InChI is InChI=1S/C15H17N5S/c1-12-17-14(11-21-12)10-19(2)9-13-8-16-20(18-13)15-6-4-3-5-7-15/h3-8,11H,9-10H2,1-2H3. The third kappa shape index (κ3) is 3.53. The van der Waals surface area contributed by atoms with E-state index in [4.69, 9.17) is 0 Å². The maximum Gasteiger partial charge on any atom is 0.0971 e. The summed E-state index contributed by atoms with van der Waals surface area (Å²) in [6.07, 6.45) is 1.82. The summed E-state index contributed by atoms with van der Waals surface area (Å²) < 4.78 is 0. The number of para-hydroxylation sites is 1. The van der Waals surface area contributed by atoms with Crippen molar-refractivity contribution < 1.29 is 0 Å². The highest BCUT2D eigenvalue weighted by atomic mass is 32.1. The summed E-state index contributed by atoms with van der Waals surface area (Å²) in [5.74, 6) is 0. The van der Waals surface area contributed by atoms with Gasteiger partial charge in [0, 0.05) is 18.5 Å². The molecule has 0 amide bonds. The first-order chi connectivity index (χ1) is 10.2. The van der Waals surface area contributed by atoms with Crippen molar-refractivity contribution in [1.29, 1.82) is 0 Å². The van der Waals surface area contributed by atoms with Crippen LogP contribution < -0.4 is 0 Å². The van der Waals surface area contributed by atoms with Gasteiger partial charge in [0.25, 0.3) is 0 Å². The molecule has 5 nitrogen and oxygen atoms in total. The van der Waals surface area contributed by atoms with Gasteiger partial charge in [-0.1, -0.05) is 18.2 Å². The van der Waals surface area contributed by atoms with Crippen LogP contribution in [0.1, 0.15) is 16.4 Å². The Balaban J connectivity index is 1.64. The topological polar surface area (TPSA) is 46.8 Å². The zero-order valence-electron chi connectivity index (χ0n) is 12.1. The van der Waals surface area contributed by atoms with Crippen LogP contribution in [0.5, 0.6) is 0 Å². The Labute approximate surface area is 127 Å². The molecule has 0 atom stereocenters. The van der Waals surface area contributed by atoms with Crippen LogP contribution in [0.25, 0.3) is 5.69 Å². The number of hydrogen-bond donors (Lipinski definition) is 0. The first kappa shape index (κ1) is 13.9. The van der Waals surface area contributed by atoms with E-state index in [1.807, 2.05) is 43.5 Å². The van der Waals surface area contributed by atoms with Crippen LogP contribution in [-0.4, -0.2) is 31.9 Å². The van der Waals surface area contributed by atoms with Crippen LogP contribution in [0.4, 0.5) is 0 Å². The number of hydrogen-bond acceptors (Lipinski definition) is 5. The molecule has 0 saturated heterocycles. The molecule has 0 spiro atoms. The average molecular weight is 299 g/mol. The van der Waals surface area contributed by atoms with E-state index in [2.05, 4.69) is 32.5 Å². The number of benzene rings is 1. The Hall–Kier alpha value is -2.05. The fraction of sp³-hybridized carbons (Fsp3) is 0.267. The molecule has 21 heavy (non-hydrogen) atoms. The predicted octanol–water partition coefficient (Wildman–Crippen LogP) is 2.66. The summed E-state index contributed by atoms with van der Waals surface area (Å²) in [6.45, 7) is 3.60. The van der Waals surface area contributed by atoms with Crippen molar-refractivity contribution in [2.45, 2.75) is 20.0 Å². The van der Waals surface area contributed by atoms with Gasteiger partial charge < -0.3 is 0 Å². The molecule has 0 N–H and O–H groups in total. The number of aromatic nitrogens is 4. The number of rotatable bonds is 5. The van der Waals surface area contributed by atoms with Crippen molar-refractivity contribution in [1.82, 2.24) is 24.9 Å². The number of nitrogens with zero attached hydrogens (tertiary/aromatic N) is 5. The molecule has 2 heterocycles. The van der Waals surface area contributed by atoms with Gasteiger partial charge in [0.15, 0.2) is 0 Å². The zero-order chi connectivity index (χ0) is 14.7. The third-order valence-corrected chi connectivity index (χ3v) is 3.88. The molecule has 6 heteroatoms. The highest BCUT2D eigenvalue weighted by Gasteiger charge is 2.08. The summed E-state index contributed by atoms with van der Waals surface area (Å²) >= 11 is 1.68. The molecule has 3 rings (SSSR count). The fourth-order valence-corrected chi connectivity index (χ4v) is 2.75. The van der Waals surface area contributed by atoms with Crippen LogP contribution in [-0.2, 0) is 13.1 Å². The SMILES string of the molecule is Cc1nc(CN(C)Cc2cnn(-c3ccccc3)n2)cs1. The number of thiazole rings is 1. The van der Waals surface area contributed by atoms with Gasteiger partial charge in [0.2, 0.25) is 0 Å². The highest BCUT2D eigenvalue weighted by molar-refractivity contribution is 7.09. The Morgan fingerprint density at radius 1 is 1.14 bits per heavy atom. The average Bonchev–Trinajstić information content (AvgIpc) is 3.09. The van der Waals surface area contributed by atoms with Crippen molar-refractivity contribution in [2.75, 3.05) is 7.05 Å². The van der Waals surface area contributed by atoms with E-state index in [9.17, 15) is 0 Å². The smallest absolute Gasteiger partial charge is 0.0971 e. The molecule has 2 aromatic heterocycles. The van der Waals surface area contributed by atoms with Crippen molar-refractivity contribution in [2.24, 2.45) is 0 Å². The highest BCUT2D eigenvalue weighted by Crippen LogP contribution is 2.11. The normalized spacial score (nSPS) is 11.2. The van der Waals surface area contributed by atoms with Gasteiger partial charge >= 0.3 is 0 Å². The molecular formula is C15H17N5S. The lowest BCUT2D eigenvalue weighted by molar-refractivity contribution is 0.311. The monoisotopic (exact) mass is 299 g/mol. The van der Waals surface area contributed by atoms with E-state index in [0.717, 1.165) is 35.2 Å². The first-order valence-electron chi connectivity index (χ1n) is 6.77. The van der Waals surface area contributed by atoms with Crippen molar-refractivity contribution in [3.63, 3.8) is 0 Å². The molecule has 0 fully saturated rings. The van der Waals surface area contributed by atoms with Gasteiger partial charge in [-0.3, -0.25) is 4.90 Å². The predicted molar refractivity (Wildman–Crippen MR) is 83.4 cm³/mol. The largest absolute Gasteiger partial charge is 0.295 e. The second kappa shape index (κ2) is 6.15. The lowest BCUT2D eigenvalue weighted by Gasteiger charge is -2.12. The van der Waals surface area contributed by atoms with Gasteiger partial charge in [-0.15, -0.1) is 11.3 Å². The molecule has 108 valence electrons. The van der Waals surface area contributed by atoms with Crippen molar-refractivity contribution >= 4 is 11.3 Å². The Bertz CT molecular complexity index is 704. The van der Waals surface area contributed by atoms with E-state index in [1.165, 1.54) is 0 Å². The zero-order valence-corrected chi connectivity index (χ0v) is 12.9. The van der Waals surface area contributed by atoms with Gasteiger partial charge in [0.05, 0.1) is 28.3 Å². The maximum absolute atomic E-state index is 4.51. The minimum atomic E-state index is 0.753. The molecule has 1 aromatic carbocycles. The van der Waals surface area contributed by atoms with Crippen LogP contribution in [0.3, 0.4) is 0 Å². The van der Waals surface area contributed by atoms with Gasteiger partial charge in [0.1, 0.15) is 0 Å². The lowest BCUT2D eigenvalue weighted by atomic mass is 10.3. The molecule has 0 aliphatic rings. The third-order valence-electron chi connectivity index (χ3n) is 3.06. The molecule has 0 aliphatic heterocycles. The van der Waals surface area contributed by atoms with E-state index >= 15 is 0 Å². The van der Waals surface area contributed by atoms with Gasteiger partial charge in [-0.2, -0.15) is 15.0 Å². The maximum atomic E-state index is 4.51. The summed E-state index contributed by atoms with van der Waals surface area (Å²) in [7, 11) is 2.07. The van der Waals surface area contributed by atoms with Crippen LogP contribution in [0.2, 0.25) is 0 Å². The summed E-state index contributed by atoms with van der Waals surface area (Å²) in [4.78, 5) is 8.33. The molecule has 3 aromatic rings. The van der Waals surface area contributed by atoms with Crippen LogP contribution in [0.15, 0.2) is 41.9 Å². The van der Waals surface area contributed by atoms with E-state index in [0.29, 0.717) is 0 Å². The van der Waals surface area contributed by atoms with Gasteiger partial charge in [-0.25, -0.2) is 4.98 Å². The second-order valence-corrected chi connectivity index (χ2v) is 6.05. The van der Waals surface area contributed by atoms with E-state index < -0.39 is 0 Å². The van der Waals surface area contributed by atoms with E-state index in [1.54, 1.807) is 16.1 Å². The molecular weight excluding hydrogens is 282 g/mol. The quantitative estimate of drug-likeness (QED) is 0.726. The summed E-state index contributed by atoms with van der Waals surface area (Å²) in [5, 5.41) is 12.0. The van der Waals surface area contributed by atoms with Crippen molar-refractivity contribution in [3.05, 3.63) is 58.3 Å². The first-order valence-corrected chi connectivity index (χ1v) is 7.65. The Kier molecular flexibility index (Phi) is 4.08. The minimum Gasteiger partial charge on any atom is -0.295 e. The minimum absolute atomic E-state index is 0.753. The van der Waals surface area contributed by atoms with Crippen LogP contribution >= 0.6 is 11.3 Å². The summed E-state index contributed by atoms with van der Waals surface area (Å²) in [6, 6.07) is 9.93.